The van der Waals surface area contributed by atoms with Crippen molar-refractivity contribution in [3.63, 3.8) is 0 Å². The molecule has 4 heteroatoms. The van der Waals surface area contributed by atoms with Crippen LogP contribution in [0.15, 0.2) is 0 Å². The molecule has 1 N–H and O–H groups in total. The average molecular weight is 259 g/mol. The molecule has 2 atom stereocenters. The molecule has 2 aliphatic rings. The summed E-state index contributed by atoms with van der Waals surface area (Å²) in [4.78, 5) is 0. The molecule has 0 bridgehead atoms. The number of hydrogen-bond acceptors (Lipinski definition) is 3. The number of sulfone groups is 1. The average Bonchev–Trinajstić information content (AvgIpc) is 3.03. The van der Waals surface area contributed by atoms with Gasteiger partial charge in [0.25, 0.3) is 0 Å². The molecule has 17 heavy (non-hydrogen) atoms. The normalized spacial score (nSPS) is 29.7. The van der Waals surface area contributed by atoms with Gasteiger partial charge in [-0.25, -0.2) is 8.42 Å². The van der Waals surface area contributed by atoms with Crippen molar-refractivity contribution in [3.05, 3.63) is 0 Å². The molecule has 0 radical (unpaired) electrons. The fourth-order valence-electron chi connectivity index (χ4n) is 2.84. The van der Waals surface area contributed by atoms with Gasteiger partial charge in [0, 0.05) is 11.8 Å². The molecule has 0 spiro atoms. The second-order valence-corrected chi connectivity index (χ2v) is 8.13. The molecule has 100 valence electrons. The topological polar surface area (TPSA) is 46.2 Å². The molecule has 2 rings (SSSR count). The standard InChI is InChI=1S/C13H25NO2S/c1-2-17(15,16)9-8-11-4-3-5-12(11)10-14-13-6-7-13/h11-14H,2-10H2,1H3. The minimum Gasteiger partial charge on any atom is -0.314 e. The molecule has 0 heterocycles. The minimum atomic E-state index is -2.77. The van der Waals surface area contributed by atoms with Crippen molar-refractivity contribution in [2.75, 3.05) is 18.1 Å². The third kappa shape index (κ3) is 4.25. The van der Waals surface area contributed by atoms with Crippen LogP contribution in [0.5, 0.6) is 0 Å². The van der Waals surface area contributed by atoms with E-state index in [0.717, 1.165) is 24.9 Å². The molecule has 3 nitrogen and oxygen atoms in total. The number of nitrogens with one attached hydrogen (secondary N) is 1. The van der Waals surface area contributed by atoms with E-state index in [1.807, 2.05) is 0 Å². The Morgan fingerprint density at radius 1 is 1.12 bits per heavy atom. The first-order chi connectivity index (χ1) is 8.11. The lowest BCUT2D eigenvalue weighted by molar-refractivity contribution is 0.357. The van der Waals surface area contributed by atoms with Gasteiger partial charge < -0.3 is 5.32 Å². The zero-order valence-corrected chi connectivity index (χ0v) is 11.6. The lowest BCUT2D eigenvalue weighted by Crippen LogP contribution is -2.28. The summed E-state index contributed by atoms with van der Waals surface area (Å²) >= 11 is 0. The van der Waals surface area contributed by atoms with Gasteiger partial charge in [0.1, 0.15) is 9.84 Å². The highest BCUT2D eigenvalue weighted by Crippen LogP contribution is 2.34. The summed E-state index contributed by atoms with van der Waals surface area (Å²) in [6, 6.07) is 0.774. The van der Waals surface area contributed by atoms with Gasteiger partial charge >= 0.3 is 0 Å². The summed E-state index contributed by atoms with van der Waals surface area (Å²) in [6.07, 6.45) is 7.36. The monoisotopic (exact) mass is 259 g/mol. The maximum absolute atomic E-state index is 11.5. The van der Waals surface area contributed by atoms with Crippen molar-refractivity contribution in [1.82, 2.24) is 5.32 Å². The van der Waals surface area contributed by atoms with Crippen LogP contribution in [0.4, 0.5) is 0 Å². The maximum Gasteiger partial charge on any atom is 0.150 e. The van der Waals surface area contributed by atoms with Crippen LogP contribution in [0, 0.1) is 11.8 Å². The van der Waals surface area contributed by atoms with Crippen LogP contribution < -0.4 is 5.32 Å². The Kier molecular flexibility index (Phi) is 4.47. The molecular formula is C13H25NO2S. The Hall–Kier alpha value is -0.0900. The first kappa shape index (κ1) is 13.3. The van der Waals surface area contributed by atoms with Crippen LogP contribution >= 0.6 is 0 Å². The summed E-state index contributed by atoms with van der Waals surface area (Å²) in [6.45, 7) is 2.86. The van der Waals surface area contributed by atoms with Gasteiger partial charge in [-0.15, -0.1) is 0 Å². The zero-order chi connectivity index (χ0) is 12.3. The van der Waals surface area contributed by atoms with Gasteiger partial charge in [-0.2, -0.15) is 0 Å². The highest BCUT2D eigenvalue weighted by Gasteiger charge is 2.30. The van der Waals surface area contributed by atoms with Crippen LogP contribution in [0.3, 0.4) is 0 Å². The second kappa shape index (κ2) is 5.70. The van der Waals surface area contributed by atoms with Crippen molar-refractivity contribution >= 4 is 9.84 Å². The first-order valence-electron chi connectivity index (χ1n) is 7.04. The molecule has 2 aliphatic carbocycles. The molecule has 0 aromatic heterocycles. The van der Waals surface area contributed by atoms with Gasteiger partial charge in [0.2, 0.25) is 0 Å². The Morgan fingerprint density at radius 3 is 2.47 bits per heavy atom. The predicted molar refractivity (Wildman–Crippen MR) is 70.8 cm³/mol. The Morgan fingerprint density at radius 2 is 1.82 bits per heavy atom. The van der Waals surface area contributed by atoms with Crippen LogP contribution in [-0.2, 0) is 9.84 Å². The van der Waals surface area contributed by atoms with E-state index in [1.54, 1.807) is 6.92 Å². The molecule has 2 unspecified atom stereocenters. The predicted octanol–water partition coefficient (Wildman–Crippen LogP) is 1.98. The fraction of sp³-hybridized carbons (Fsp3) is 1.00. The van der Waals surface area contributed by atoms with Gasteiger partial charge in [-0.1, -0.05) is 19.8 Å². The summed E-state index contributed by atoms with van der Waals surface area (Å²) in [5.41, 5.74) is 0. The van der Waals surface area contributed by atoms with Crippen molar-refractivity contribution in [1.29, 1.82) is 0 Å². The fourth-order valence-corrected chi connectivity index (χ4v) is 3.79. The van der Waals surface area contributed by atoms with E-state index in [-0.39, 0.29) is 0 Å². The molecule has 0 aromatic rings. The van der Waals surface area contributed by atoms with Crippen molar-refractivity contribution < 1.29 is 8.42 Å². The lowest BCUT2D eigenvalue weighted by Gasteiger charge is -2.19. The zero-order valence-electron chi connectivity index (χ0n) is 10.8. The maximum atomic E-state index is 11.5. The van der Waals surface area contributed by atoms with Crippen molar-refractivity contribution in [3.8, 4) is 0 Å². The third-order valence-corrected chi connectivity index (χ3v) is 6.04. The van der Waals surface area contributed by atoms with Crippen molar-refractivity contribution in [2.24, 2.45) is 11.8 Å². The van der Waals surface area contributed by atoms with E-state index in [9.17, 15) is 8.42 Å². The van der Waals surface area contributed by atoms with Crippen LogP contribution in [-0.4, -0.2) is 32.5 Å². The summed E-state index contributed by atoms with van der Waals surface area (Å²) in [7, 11) is -2.77. The van der Waals surface area contributed by atoms with Crippen LogP contribution in [0.25, 0.3) is 0 Å². The molecule has 2 fully saturated rings. The number of rotatable bonds is 7. The minimum absolute atomic E-state index is 0.296. The molecular weight excluding hydrogens is 234 g/mol. The van der Waals surface area contributed by atoms with Crippen LogP contribution in [0.1, 0.15) is 45.4 Å². The highest BCUT2D eigenvalue weighted by molar-refractivity contribution is 7.91. The van der Waals surface area contributed by atoms with Gasteiger partial charge in [0.15, 0.2) is 0 Å². The Balaban J connectivity index is 1.74. The van der Waals surface area contributed by atoms with E-state index in [1.165, 1.54) is 32.1 Å². The van der Waals surface area contributed by atoms with E-state index in [0.29, 0.717) is 17.4 Å². The van der Waals surface area contributed by atoms with Gasteiger partial charge in [0.05, 0.1) is 5.75 Å². The van der Waals surface area contributed by atoms with Crippen LogP contribution in [0.2, 0.25) is 0 Å². The summed E-state index contributed by atoms with van der Waals surface area (Å²) in [5.74, 6) is 2.06. The lowest BCUT2D eigenvalue weighted by atomic mass is 9.93. The molecule has 0 amide bonds. The van der Waals surface area contributed by atoms with E-state index >= 15 is 0 Å². The molecule has 0 aliphatic heterocycles. The SMILES string of the molecule is CCS(=O)(=O)CCC1CCCC1CNC1CC1. The molecule has 2 saturated carbocycles. The van der Waals surface area contributed by atoms with E-state index in [4.69, 9.17) is 0 Å². The highest BCUT2D eigenvalue weighted by atomic mass is 32.2. The summed E-state index contributed by atoms with van der Waals surface area (Å²) in [5, 5.41) is 3.59. The van der Waals surface area contributed by atoms with Gasteiger partial charge in [-0.3, -0.25) is 0 Å². The second-order valence-electron chi connectivity index (χ2n) is 5.66. The quantitative estimate of drug-likeness (QED) is 0.760. The van der Waals surface area contributed by atoms with Crippen molar-refractivity contribution in [2.45, 2.75) is 51.5 Å². The first-order valence-corrected chi connectivity index (χ1v) is 8.86. The molecule has 0 aromatic carbocycles. The number of hydrogen-bond donors (Lipinski definition) is 1. The van der Waals surface area contributed by atoms with Gasteiger partial charge in [-0.05, 0) is 44.1 Å². The summed E-state index contributed by atoms with van der Waals surface area (Å²) < 4.78 is 23.0. The smallest absolute Gasteiger partial charge is 0.150 e. The molecule has 0 saturated heterocycles. The van der Waals surface area contributed by atoms with E-state index < -0.39 is 9.84 Å². The third-order valence-electron chi connectivity index (χ3n) is 4.30. The largest absolute Gasteiger partial charge is 0.314 e. The Bertz CT molecular complexity index is 335. The van der Waals surface area contributed by atoms with E-state index in [2.05, 4.69) is 5.32 Å². The Labute approximate surface area is 105 Å².